The van der Waals surface area contributed by atoms with Gasteiger partial charge in [-0.1, -0.05) is 12.2 Å². The van der Waals surface area contributed by atoms with Crippen LogP contribution >= 0.6 is 0 Å². The molecule has 1 heterocycles. The topological polar surface area (TPSA) is 83.6 Å². The van der Waals surface area contributed by atoms with Crippen molar-refractivity contribution in [2.24, 2.45) is 5.73 Å². The molecule has 78 valence electrons. The number of rotatable bonds is 5. The van der Waals surface area contributed by atoms with Crippen molar-refractivity contribution in [2.75, 3.05) is 13.1 Å². The van der Waals surface area contributed by atoms with E-state index in [1.807, 2.05) is 12.2 Å². The maximum atomic E-state index is 10.9. The van der Waals surface area contributed by atoms with Gasteiger partial charge in [0.15, 0.2) is 0 Å². The number of nitrogens with zero attached hydrogens (tertiary/aromatic N) is 1. The largest absolute Gasteiger partial charge is 0.480 e. The predicted molar refractivity (Wildman–Crippen MR) is 50.6 cm³/mol. The Balaban J connectivity index is 2.46. The second kappa shape index (κ2) is 4.76. The second-order valence-electron chi connectivity index (χ2n) is 3.28. The van der Waals surface area contributed by atoms with Crippen molar-refractivity contribution in [1.82, 2.24) is 4.90 Å². The van der Waals surface area contributed by atoms with Crippen LogP contribution in [0.3, 0.4) is 0 Å². The molecule has 14 heavy (non-hydrogen) atoms. The van der Waals surface area contributed by atoms with Gasteiger partial charge in [0.05, 0.1) is 0 Å². The van der Waals surface area contributed by atoms with Gasteiger partial charge >= 0.3 is 5.97 Å². The molecule has 0 aromatic rings. The highest BCUT2D eigenvalue weighted by Crippen LogP contribution is 2.11. The molecule has 0 radical (unpaired) electrons. The minimum absolute atomic E-state index is 0.119. The Morgan fingerprint density at radius 3 is 2.43 bits per heavy atom. The van der Waals surface area contributed by atoms with E-state index in [1.165, 1.54) is 0 Å². The van der Waals surface area contributed by atoms with Gasteiger partial charge in [-0.15, -0.1) is 0 Å². The van der Waals surface area contributed by atoms with E-state index in [4.69, 9.17) is 10.8 Å². The Hall–Kier alpha value is -1.36. The number of hydrogen-bond acceptors (Lipinski definition) is 3. The molecule has 1 rings (SSSR count). The molecule has 1 aliphatic heterocycles. The lowest BCUT2D eigenvalue weighted by Crippen LogP contribution is -2.40. The van der Waals surface area contributed by atoms with E-state index < -0.39 is 17.9 Å². The van der Waals surface area contributed by atoms with Crippen molar-refractivity contribution < 1.29 is 14.7 Å². The van der Waals surface area contributed by atoms with Crippen molar-refractivity contribution in [3.63, 3.8) is 0 Å². The van der Waals surface area contributed by atoms with Gasteiger partial charge in [-0.05, 0) is 6.42 Å². The number of carboxylic acid groups (broad SMARTS) is 1. The van der Waals surface area contributed by atoms with Gasteiger partial charge in [0.2, 0.25) is 5.91 Å². The lowest BCUT2D eigenvalue weighted by Gasteiger charge is -2.22. The average molecular weight is 198 g/mol. The van der Waals surface area contributed by atoms with Crippen LogP contribution in [0.2, 0.25) is 0 Å². The highest BCUT2D eigenvalue weighted by Gasteiger charge is 2.25. The molecule has 3 N–H and O–H groups in total. The molecular weight excluding hydrogens is 184 g/mol. The summed E-state index contributed by atoms with van der Waals surface area (Å²) < 4.78 is 0. The highest BCUT2D eigenvalue weighted by molar-refractivity contribution is 5.77. The number of amides is 1. The Morgan fingerprint density at radius 2 is 2.00 bits per heavy atom. The van der Waals surface area contributed by atoms with Crippen molar-refractivity contribution in [3.05, 3.63) is 12.2 Å². The van der Waals surface area contributed by atoms with Crippen LogP contribution in [0.5, 0.6) is 0 Å². The summed E-state index contributed by atoms with van der Waals surface area (Å²) in [5.41, 5.74) is 4.97. The summed E-state index contributed by atoms with van der Waals surface area (Å²) in [6, 6.07) is -0.600. The summed E-state index contributed by atoms with van der Waals surface area (Å²) in [4.78, 5) is 23.2. The summed E-state index contributed by atoms with van der Waals surface area (Å²) >= 11 is 0. The van der Waals surface area contributed by atoms with Gasteiger partial charge in [0.25, 0.3) is 0 Å². The van der Waals surface area contributed by atoms with Crippen LogP contribution in [0.4, 0.5) is 0 Å². The Kier molecular flexibility index (Phi) is 3.64. The van der Waals surface area contributed by atoms with Gasteiger partial charge in [0, 0.05) is 19.5 Å². The SMILES string of the molecule is NC(=O)CCC(C(=O)O)N1CC=CC1. The quantitative estimate of drug-likeness (QED) is 0.587. The Morgan fingerprint density at radius 1 is 1.43 bits per heavy atom. The van der Waals surface area contributed by atoms with Crippen LogP contribution < -0.4 is 5.73 Å². The van der Waals surface area contributed by atoms with E-state index in [2.05, 4.69) is 0 Å². The molecule has 0 spiro atoms. The first-order chi connectivity index (χ1) is 6.61. The molecular formula is C9H14N2O3. The molecule has 0 aliphatic carbocycles. The third kappa shape index (κ3) is 2.85. The highest BCUT2D eigenvalue weighted by atomic mass is 16.4. The zero-order chi connectivity index (χ0) is 10.6. The third-order valence-electron chi connectivity index (χ3n) is 2.24. The van der Waals surface area contributed by atoms with E-state index >= 15 is 0 Å². The van der Waals surface area contributed by atoms with Crippen molar-refractivity contribution in [1.29, 1.82) is 0 Å². The standard InChI is InChI=1S/C9H14N2O3/c10-8(12)4-3-7(9(13)14)11-5-1-2-6-11/h1-2,7H,3-6H2,(H2,10,12)(H,13,14). The smallest absolute Gasteiger partial charge is 0.320 e. The second-order valence-corrected chi connectivity index (χ2v) is 3.28. The maximum Gasteiger partial charge on any atom is 0.320 e. The zero-order valence-corrected chi connectivity index (χ0v) is 7.85. The molecule has 0 bridgehead atoms. The van der Waals surface area contributed by atoms with E-state index in [9.17, 15) is 9.59 Å². The minimum atomic E-state index is -0.894. The molecule has 5 nitrogen and oxygen atoms in total. The molecule has 1 atom stereocenters. The van der Waals surface area contributed by atoms with Crippen LogP contribution in [0, 0.1) is 0 Å². The normalized spacial score (nSPS) is 18.3. The third-order valence-corrected chi connectivity index (χ3v) is 2.24. The van der Waals surface area contributed by atoms with Crippen LogP contribution in [-0.2, 0) is 9.59 Å². The van der Waals surface area contributed by atoms with Gasteiger partial charge in [-0.2, -0.15) is 0 Å². The molecule has 0 fully saturated rings. The fraction of sp³-hybridized carbons (Fsp3) is 0.556. The monoisotopic (exact) mass is 198 g/mol. The number of carbonyl (C=O) groups excluding carboxylic acids is 1. The number of nitrogens with two attached hydrogens (primary N) is 1. The predicted octanol–water partition coefficient (Wildman–Crippen LogP) is -0.423. The zero-order valence-electron chi connectivity index (χ0n) is 7.85. The van der Waals surface area contributed by atoms with Crippen molar-refractivity contribution in [2.45, 2.75) is 18.9 Å². The van der Waals surface area contributed by atoms with E-state index in [0.29, 0.717) is 13.1 Å². The lowest BCUT2D eigenvalue weighted by atomic mass is 10.1. The number of primary amides is 1. The van der Waals surface area contributed by atoms with Gasteiger partial charge < -0.3 is 10.8 Å². The summed E-state index contributed by atoms with van der Waals surface area (Å²) in [5, 5.41) is 8.92. The summed E-state index contributed by atoms with van der Waals surface area (Å²) in [6.07, 6.45) is 4.24. The molecule has 0 aromatic heterocycles. The molecule has 0 saturated carbocycles. The first kappa shape index (κ1) is 10.7. The first-order valence-electron chi connectivity index (χ1n) is 4.51. The Labute approximate surface area is 82.2 Å². The van der Waals surface area contributed by atoms with Crippen LogP contribution in [0.15, 0.2) is 12.2 Å². The molecule has 0 aromatic carbocycles. The maximum absolute atomic E-state index is 10.9. The van der Waals surface area contributed by atoms with Gasteiger partial charge in [-0.25, -0.2) is 0 Å². The summed E-state index contributed by atoms with van der Waals surface area (Å²) in [6.45, 7) is 1.27. The van der Waals surface area contributed by atoms with Crippen LogP contribution in [-0.4, -0.2) is 41.0 Å². The number of carboxylic acids is 1. The van der Waals surface area contributed by atoms with Crippen LogP contribution in [0.25, 0.3) is 0 Å². The minimum Gasteiger partial charge on any atom is -0.480 e. The molecule has 0 saturated heterocycles. The fourth-order valence-electron chi connectivity index (χ4n) is 1.49. The fourth-order valence-corrected chi connectivity index (χ4v) is 1.49. The number of aliphatic carboxylic acids is 1. The van der Waals surface area contributed by atoms with E-state index in [-0.39, 0.29) is 12.8 Å². The van der Waals surface area contributed by atoms with E-state index in [0.717, 1.165) is 0 Å². The van der Waals surface area contributed by atoms with Gasteiger partial charge in [-0.3, -0.25) is 14.5 Å². The van der Waals surface area contributed by atoms with Gasteiger partial charge in [0.1, 0.15) is 6.04 Å². The molecule has 1 amide bonds. The summed E-state index contributed by atoms with van der Waals surface area (Å²) in [5.74, 6) is -1.35. The molecule has 5 heteroatoms. The molecule has 1 unspecified atom stereocenters. The number of carbonyl (C=O) groups is 2. The number of hydrogen-bond donors (Lipinski definition) is 2. The molecule has 1 aliphatic rings. The average Bonchev–Trinajstić information content (AvgIpc) is 2.56. The lowest BCUT2D eigenvalue weighted by molar-refractivity contribution is -0.143. The van der Waals surface area contributed by atoms with E-state index in [1.54, 1.807) is 4.90 Å². The van der Waals surface area contributed by atoms with Crippen molar-refractivity contribution >= 4 is 11.9 Å². The van der Waals surface area contributed by atoms with Crippen LogP contribution in [0.1, 0.15) is 12.8 Å². The van der Waals surface area contributed by atoms with Crippen molar-refractivity contribution in [3.8, 4) is 0 Å². The first-order valence-corrected chi connectivity index (χ1v) is 4.51. The summed E-state index contributed by atoms with van der Waals surface area (Å²) in [7, 11) is 0. The Bertz CT molecular complexity index is 255.